The van der Waals surface area contributed by atoms with Gasteiger partial charge in [-0.25, -0.2) is 0 Å². The molecule has 0 amide bonds. The van der Waals surface area contributed by atoms with Crippen LogP contribution in [-0.2, 0) is 0 Å². The second-order valence-corrected chi connectivity index (χ2v) is 9.76. The minimum Gasteiger partial charge on any atom is -0.0654 e. The van der Waals surface area contributed by atoms with E-state index in [2.05, 4.69) is 106 Å². The lowest BCUT2D eigenvalue weighted by Crippen LogP contribution is -2.21. The number of fused-ring (bicyclic) bond motifs is 6. The van der Waals surface area contributed by atoms with Gasteiger partial charge in [0.15, 0.2) is 0 Å². The summed E-state index contributed by atoms with van der Waals surface area (Å²) in [5.41, 5.74) is 9.01. The monoisotopic (exact) mass is 414 g/mol. The van der Waals surface area contributed by atoms with E-state index in [-0.39, 0.29) is 0 Å². The van der Waals surface area contributed by atoms with Crippen molar-refractivity contribution in [1.82, 2.24) is 0 Å². The SMILES string of the molecule is CCCC(C1C(C)=Cc2c1ccc1ccccc21)C1C(C)=Cc2c1ccc1ccccc21. The van der Waals surface area contributed by atoms with Crippen molar-refractivity contribution in [2.24, 2.45) is 5.92 Å². The van der Waals surface area contributed by atoms with Crippen molar-refractivity contribution in [3.05, 3.63) is 106 Å². The first-order valence-electron chi connectivity index (χ1n) is 12.1. The Balaban J connectivity index is 1.51. The average Bonchev–Trinajstić information content (AvgIpc) is 3.33. The van der Waals surface area contributed by atoms with Gasteiger partial charge in [-0.3, -0.25) is 0 Å². The molecule has 0 saturated carbocycles. The molecule has 32 heavy (non-hydrogen) atoms. The lowest BCUT2D eigenvalue weighted by Gasteiger charge is -2.33. The molecule has 2 aliphatic rings. The molecule has 0 saturated heterocycles. The van der Waals surface area contributed by atoms with Gasteiger partial charge in [-0.1, -0.05) is 109 Å². The van der Waals surface area contributed by atoms with Gasteiger partial charge in [-0.15, -0.1) is 0 Å². The molecule has 158 valence electrons. The molecule has 2 aliphatic carbocycles. The van der Waals surface area contributed by atoms with E-state index in [0.717, 1.165) is 0 Å². The summed E-state index contributed by atoms with van der Waals surface area (Å²) in [7, 11) is 0. The third-order valence-electron chi connectivity index (χ3n) is 7.88. The predicted octanol–water partition coefficient (Wildman–Crippen LogP) is 9.11. The first-order chi connectivity index (χ1) is 15.7. The van der Waals surface area contributed by atoms with E-state index in [1.54, 1.807) is 0 Å². The molecule has 4 aromatic rings. The largest absolute Gasteiger partial charge is 0.0654 e. The maximum Gasteiger partial charge on any atom is 0.00921 e. The van der Waals surface area contributed by atoms with Crippen molar-refractivity contribution in [2.45, 2.75) is 45.4 Å². The lowest BCUT2D eigenvalue weighted by atomic mass is 9.70. The topological polar surface area (TPSA) is 0 Å². The van der Waals surface area contributed by atoms with Crippen molar-refractivity contribution >= 4 is 33.7 Å². The zero-order valence-corrected chi connectivity index (χ0v) is 19.2. The quantitative estimate of drug-likeness (QED) is 0.312. The van der Waals surface area contributed by atoms with Crippen LogP contribution in [0.4, 0.5) is 0 Å². The molecule has 0 N–H and O–H groups in total. The standard InChI is InChI=1S/C32H30/c1-4-9-28(31-20(2)18-29-24-12-7-5-10-22(24)14-16-26(29)31)32-21(3)19-30-25-13-8-6-11-23(25)15-17-27(30)32/h5-8,10-19,28,31-32H,4,9H2,1-3H3. The summed E-state index contributed by atoms with van der Waals surface area (Å²) in [5, 5.41) is 5.48. The van der Waals surface area contributed by atoms with Crippen LogP contribution in [0.1, 0.15) is 67.7 Å². The summed E-state index contributed by atoms with van der Waals surface area (Å²) < 4.78 is 0. The first kappa shape index (κ1) is 19.6. The summed E-state index contributed by atoms with van der Waals surface area (Å²) >= 11 is 0. The van der Waals surface area contributed by atoms with Crippen LogP contribution in [0.15, 0.2) is 83.9 Å². The second-order valence-electron chi connectivity index (χ2n) is 9.76. The third kappa shape index (κ3) is 2.82. The molecule has 0 fully saturated rings. The van der Waals surface area contributed by atoms with E-state index in [4.69, 9.17) is 0 Å². The van der Waals surface area contributed by atoms with Gasteiger partial charge in [0, 0.05) is 11.8 Å². The number of benzene rings is 4. The minimum atomic E-state index is 0.486. The summed E-state index contributed by atoms with van der Waals surface area (Å²) in [6, 6.07) is 27.2. The predicted molar refractivity (Wildman–Crippen MR) is 139 cm³/mol. The third-order valence-corrected chi connectivity index (χ3v) is 7.88. The molecule has 0 bridgehead atoms. The maximum atomic E-state index is 2.47. The molecule has 6 rings (SSSR count). The Morgan fingerprint density at radius 2 is 1.09 bits per heavy atom. The van der Waals surface area contributed by atoms with Crippen molar-refractivity contribution in [3.8, 4) is 0 Å². The fourth-order valence-electron chi connectivity index (χ4n) is 6.61. The fourth-order valence-corrected chi connectivity index (χ4v) is 6.61. The second kappa shape index (κ2) is 7.48. The zero-order valence-electron chi connectivity index (χ0n) is 19.2. The van der Waals surface area contributed by atoms with E-state index in [0.29, 0.717) is 17.8 Å². The molecule has 0 heterocycles. The highest BCUT2D eigenvalue weighted by Gasteiger charge is 2.39. The van der Waals surface area contributed by atoms with Crippen molar-refractivity contribution in [3.63, 3.8) is 0 Å². The number of hydrogen-bond donors (Lipinski definition) is 0. The first-order valence-corrected chi connectivity index (χ1v) is 12.1. The van der Waals surface area contributed by atoms with Crippen LogP contribution < -0.4 is 0 Å². The van der Waals surface area contributed by atoms with Gasteiger partial charge < -0.3 is 0 Å². The summed E-state index contributed by atoms with van der Waals surface area (Å²) in [4.78, 5) is 0. The summed E-state index contributed by atoms with van der Waals surface area (Å²) in [6.07, 6.45) is 7.40. The smallest absolute Gasteiger partial charge is 0.00921 e. The van der Waals surface area contributed by atoms with E-state index < -0.39 is 0 Å². The Morgan fingerprint density at radius 1 is 0.625 bits per heavy atom. The van der Waals surface area contributed by atoms with Crippen LogP contribution in [0.25, 0.3) is 33.7 Å². The number of hydrogen-bond acceptors (Lipinski definition) is 0. The van der Waals surface area contributed by atoms with Crippen LogP contribution >= 0.6 is 0 Å². The van der Waals surface area contributed by atoms with E-state index >= 15 is 0 Å². The maximum absolute atomic E-state index is 2.47. The summed E-state index contributed by atoms with van der Waals surface area (Å²) in [5.74, 6) is 1.55. The molecule has 0 aromatic heterocycles. The van der Waals surface area contributed by atoms with Gasteiger partial charge in [-0.2, -0.15) is 0 Å². The van der Waals surface area contributed by atoms with E-state index in [9.17, 15) is 0 Å². The van der Waals surface area contributed by atoms with Crippen LogP contribution in [0, 0.1) is 5.92 Å². The fraction of sp³-hybridized carbons (Fsp3) is 0.250. The highest BCUT2D eigenvalue weighted by Crippen LogP contribution is 2.54. The Labute approximate surface area is 191 Å². The molecule has 0 radical (unpaired) electrons. The van der Waals surface area contributed by atoms with E-state index in [1.165, 1.54) is 67.8 Å². The summed E-state index contributed by atoms with van der Waals surface area (Å²) in [6.45, 7) is 7.06. The van der Waals surface area contributed by atoms with E-state index in [1.807, 2.05) is 0 Å². The van der Waals surface area contributed by atoms with Crippen molar-refractivity contribution < 1.29 is 0 Å². The molecule has 4 aromatic carbocycles. The highest BCUT2D eigenvalue weighted by molar-refractivity contribution is 5.96. The molecule has 0 aliphatic heterocycles. The van der Waals surface area contributed by atoms with Gasteiger partial charge in [0.2, 0.25) is 0 Å². The molecular weight excluding hydrogens is 384 g/mol. The normalized spacial score (nSPS) is 20.2. The van der Waals surface area contributed by atoms with Crippen molar-refractivity contribution in [1.29, 1.82) is 0 Å². The van der Waals surface area contributed by atoms with Crippen LogP contribution in [-0.4, -0.2) is 0 Å². The van der Waals surface area contributed by atoms with Gasteiger partial charge in [0.05, 0.1) is 0 Å². The van der Waals surface area contributed by atoms with Crippen LogP contribution in [0.2, 0.25) is 0 Å². The molecule has 0 heteroatoms. The van der Waals surface area contributed by atoms with Gasteiger partial charge >= 0.3 is 0 Å². The number of allylic oxidation sites excluding steroid dienone is 2. The molecule has 2 atom stereocenters. The number of rotatable bonds is 4. The van der Waals surface area contributed by atoms with Gasteiger partial charge in [0.1, 0.15) is 0 Å². The molecule has 0 spiro atoms. The van der Waals surface area contributed by atoms with Gasteiger partial charge in [0.25, 0.3) is 0 Å². The van der Waals surface area contributed by atoms with Gasteiger partial charge in [-0.05, 0) is 70.0 Å². The molecule has 2 unspecified atom stereocenters. The van der Waals surface area contributed by atoms with Crippen LogP contribution in [0.3, 0.4) is 0 Å². The Hall–Kier alpha value is -3.12. The van der Waals surface area contributed by atoms with Crippen molar-refractivity contribution in [2.75, 3.05) is 0 Å². The molecule has 0 nitrogen and oxygen atoms in total. The molecular formula is C32H30. The Morgan fingerprint density at radius 3 is 1.56 bits per heavy atom. The van der Waals surface area contributed by atoms with Crippen LogP contribution in [0.5, 0.6) is 0 Å². The lowest BCUT2D eigenvalue weighted by molar-refractivity contribution is 0.384. The minimum absolute atomic E-state index is 0.486. The Bertz CT molecular complexity index is 1310. The average molecular weight is 415 g/mol. The zero-order chi connectivity index (χ0) is 21.8. The Kier molecular flexibility index (Phi) is 4.57. The highest BCUT2D eigenvalue weighted by atomic mass is 14.4.